The lowest BCUT2D eigenvalue weighted by Crippen LogP contribution is -2.55. The molecule has 376 valence electrons. The lowest BCUT2D eigenvalue weighted by atomic mass is 10.1. The Labute approximate surface area is 396 Å². The zero-order valence-electron chi connectivity index (χ0n) is 43.0. The van der Waals surface area contributed by atoms with E-state index in [2.05, 4.69) is 38.2 Å². The Balaban J connectivity index is 4.20. The second kappa shape index (κ2) is 47.3. The van der Waals surface area contributed by atoms with Crippen molar-refractivity contribution in [1.29, 1.82) is 0 Å². The second-order valence-corrected chi connectivity index (χ2v) is 19.8. The molecule has 0 N–H and O–H groups in total. The first-order valence-electron chi connectivity index (χ1n) is 27.4. The van der Waals surface area contributed by atoms with Gasteiger partial charge in [0, 0.05) is 19.3 Å². The van der Waals surface area contributed by atoms with Crippen LogP contribution >= 0.6 is 0 Å². The van der Waals surface area contributed by atoms with E-state index in [1.54, 1.807) is 0 Å². The van der Waals surface area contributed by atoms with Gasteiger partial charge in [-0.1, -0.05) is 205 Å². The quantitative estimate of drug-likeness (QED) is 0.0259. The van der Waals surface area contributed by atoms with Crippen molar-refractivity contribution in [2.24, 2.45) is 0 Å². The van der Waals surface area contributed by atoms with Crippen LogP contribution in [0.5, 0.6) is 0 Å². The Morgan fingerprint density at radius 3 is 1.12 bits per heavy atom. The molecular weight excluding hydrogens is 799 g/mol. The molecule has 0 spiro atoms. The molecule has 64 heavy (non-hydrogen) atoms. The highest BCUT2D eigenvalue weighted by atomic mass is 16.6. The number of carbonyl (C=O) groups is 3. The van der Waals surface area contributed by atoms with E-state index in [9.17, 15) is 19.5 Å². The van der Waals surface area contributed by atoms with Crippen LogP contribution in [0.3, 0.4) is 0 Å². The van der Waals surface area contributed by atoms with Crippen LogP contribution in [0.1, 0.15) is 264 Å². The summed E-state index contributed by atoms with van der Waals surface area (Å²) in [4.78, 5) is 37.1. The summed E-state index contributed by atoms with van der Waals surface area (Å²) in [6.45, 7) is 4.70. The molecule has 0 aliphatic rings. The summed E-state index contributed by atoms with van der Waals surface area (Å²) in [5.41, 5.74) is 0. The Bertz CT molecular complexity index is 1100. The van der Waals surface area contributed by atoms with Crippen LogP contribution < -0.4 is 5.11 Å². The van der Waals surface area contributed by atoms with Gasteiger partial charge in [0.25, 0.3) is 0 Å². The summed E-state index contributed by atoms with van der Waals surface area (Å²) in [5, 5.41) is 11.7. The maximum atomic E-state index is 12.8. The van der Waals surface area contributed by atoms with Crippen molar-refractivity contribution < 1.29 is 38.2 Å². The van der Waals surface area contributed by atoms with E-state index in [-0.39, 0.29) is 42.7 Å². The molecule has 0 heterocycles. The van der Waals surface area contributed by atoms with E-state index in [0.29, 0.717) is 12.8 Å². The Morgan fingerprint density at radius 2 is 0.781 bits per heavy atom. The van der Waals surface area contributed by atoms with E-state index < -0.39 is 18.1 Å². The number of likely N-dealkylation sites (N-methyl/N-ethyl adjacent to an activating group) is 1. The number of quaternary nitrogens is 1. The number of hydrogen-bond acceptors (Lipinski definition) is 7. The lowest BCUT2D eigenvalue weighted by molar-refractivity contribution is -0.889. The standard InChI is InChI=1S/C56H105NO7/c1-6-8-10-12-14-16-18-20-22-24-26-28-30-32-34-36-38-40-42-44-46-54(58)63-51-52(50-62-49-48-53(56(60)61)57(3,4)5)64-55(59)47-45-43-41-39-37-35-33-31-29-27-25-23-21-19-17-15-13-11-9-7-2/h26-29,52-53H,6-25,30-51H2,1-5H3/b28-26+,29-27+. The third kappa shape index (κ3) is 45.0. The number of nitrogens with zero attached hydrogens (tertiary/aromatic N) is 1. The second-order valence-electron chi connectivity index (χ2n) is 19.8. The van der Waals surface area contributed by atoms with Gasteiger partial charge in [-0.15, -0.1) is 0 Å². The number of aliphatic carboxylic acids is 1. The zero-order valence-corrected chi connectivity index (χ0v) is 43.0. The molecule has 0 aliphatic carbocycles. The minimum atomic E-state index is -1.12. The van der Waals surface area contributed by atoms with Crippen molar-refractivity contribution in [3.63, 3.8) is 0 Å². The monoisotopic (exact) mass is 904 g/mol. The molecule has 0 amide bonds. The number of unbranched alkanes of at least 4 members (excludes halogenated alkanes) is 32. The molecule has 0 aromatic rings. The van der Waals surface area contributed by atoms with Crippen molar-refractivity contribution in [3.05, 3.63) is 24.3 Å². The fourth-order valence-corrected chi connectivity index (χ4v) is 8.30. The lowest BCUT2D eigenvalue weighted by Gasteiger charge is -2.34. The predicted octanol–water partition coefficient (Wildman–Crippen LogP) is 14.6. The number of hydrogen-bond donors (Lipinski definition) is 0. The highest BCUT2D eigenvalue weighted by molar-refractivity contribution is 5.70. The van der Waals surface area contributed by atoms with E-state index in [4.69, 9.17) is 14.2 Å². The summed E-state index contributed by atoms with van der Waals surface area (Å²) in [6.07, 6.45) is 55.0. The van der Waals surface area contributed by atoms with Crippen molar-refractivity contribution in [2.45, 2.75) is 276 Å². The average Bonchev–Trinajstić information content (AvgIpc) is 3.26. The largest absolute Gasteiger partial charge is 0.544 e. The van der Waals surface area contributed by atoms with Crippen LogP contribution in [0.2, 0.25) is 0 Å². The number of allylic oxidation sites excluding steroid dienone is 4. The van der Waals surface area contributed by atoms with Gasteiger partial charge in [-0.3, -0.25) is 9.59 Å². The topological polar surface area (TPSA) is 102 Å². The molecule has 0 saturated heterocycles. The molecule has 0 saturated carbocycles. The molecule has 2 unspecified atom stereocenters. The van der Waals surface area contributed by atoms with Gasteiger partial charge in [-0.2, -0.15) is 0 Å². The third-order valence-electron chi connectivity index (χ3n) is 12.6. The third-order valence-corrected chi connectivity index (χ3v) is 12.6. The Kier molecular flexibility index (Phi) is 45.7. The molecule has 0 aromatic heterocycles. The number of ether oxygens (including phenoxy) is 3. The van der Waals surface area contributed by atoms with Gasteiger partial charge >= 0.3 is 11.9 Å². The van der Waals surface area contributed by atoms with Gasteiger partial charge < -0.3 is 28.6 Å². The minimum absolute atomic E-state index is 0.0411. The number of carbonyl (C=O) groups excluding carboxylic acids is 3. The number of rotatable bonds is 50. The summed E-state index contributed by atoms with van der Waals surface area (Å²) >= 11 is 0. The molecule has 8 nitrogen and oxygen atoms in total. The number of esters is 2. The van der Waals surface area contributed by atoms with Gasteiger partial charge in [-0.25, -0.2) is 0 Å². The van der Waals surface area contributed by atoms with Crippen LogP contribution in [0.15, 0.2) is 24.3 Å². The first-order chi connectivity index (χ1) is 31.1. The Hall–Kier alpha value is -2.19. The van der Waals surface area contributed by atoms with Crippen molar-refractivity contribution in [3.8, 4) is 0 Å². The summed E-state index contributed by atoms with van der Waals surface area (Å²) in [7, 11) is 5.42. The molecule has 0 fully saturated rings. The van der Waals surface area contributed by atoms with Crippen LogP contribution in [0, 0.1) is 0 Å². The van der Waals surface area contributed by atoms with Crippen LogP contribution in [0.4, 0.5) is 0 Å². The van der Waals surface area contributed by atoms with Crippen molar-refractivity contribution in [2.75, 3.05) is 41.0 Å². The van der Waals surface area contributed by atoms with Gasteiger partial charge in [0.2, 0.25) is 0 Å². The summed E-state index contributed by atoms with van der Waals surface area (Å²) in [5.74, 6) is -1.73. The molecular formula is C56H105NO7. The van der Waals surface area contributed by atoms with Gasteiger partial charge in [0.05, 0.1) is 40.3 Å². The van der Waals surface area contributed by atoms with E-state index in [1.807, 2.05) is 21.1 Å². The van der Waals surface area contributed by atoms with Crippen LogP contribution in [-0.4, -0.2) is 75.5 Å². The smallest absolute Gasteiger partial charge is 0.306 e. The SMILES string of the molecule is CCCCCCCCCCC/C=C/CCCCCCCCCC(=O)OCC(COCCC(C(=O)[O-])[N+](C)(C)C)OC(=O)CCCCCCCCC/C=C/CCCCCCCCCCC. The van der Waals surface area contributed by atoms with E-state index in [0.717, 1.165) is 38.5 Å². The Morgan fingerprint density at radius 1 is 0.453 bits per heavy atom. The normalized spacial score (nSPS) is 13.0. The average molecular weight is 904 g/mol. The van der Waals surface area contributed by atoms with Crippen molar-refractivity contribution >= 4 is 17.9 Å². The zero-order chi connectivity index (χ0) is 47.0. The first kappa shape index (κ1) is 61.8. The number of carboxylic acids is 1. The van der Waals surface area contributed by atoms with Gasteiger partial charge in [0.1, 0.15) is 12.6 Å². The van der Waals surface area contributed by atoms with E-state index in [1.165, 1.54) is 193 Å². The summed E-state index contributed by atoms with van der Waals surface area (Å²) in [6, 6.07) is -0.726. The fraction of sp³-hybridized carbons (Fsp3) is 0.875. The molecule has 8 heteroatoms. The van der Waals surface area contributed by atoms with Gasteiger partial charge in [0.15, 0.2) is 6.10 Å². The predicted molar refractivity (Wildman–Crippen MR) is 268 cm³/mol. The molecule has 0 bridgehead atoms. The fourth-order valence-electron chi connectivity index (χ4n) is 8.30. The van der Waals surface area contributed by atoms with E-state index >= 15 is 0 Å². The highest BCUT2D eigenvalue weighted by Gasteiger charge is 2.25. The molecule has 2 atom stereocenters. The van der Waals surface area contributed by atoms with Crippen LogP contribution in [-0.2, 0) is 28.6 Å². The minimum Gasteiger partial charge on any atom is -0.544 e. The van der Waals surface area contributed by atoms with Crippen LogP contribution in [0.25, 0.3) is 0 Å². The number of carboxylic acid groups (broad SMARTS) is 1. The van der Waals surface area contributed by atoms with Crippen molar-refractivity contribution in [1.82, 2.24) is 0 Å². The first-order valence-corrected chi connectivity index (χ1v) is 27.4. The maximum Gasteiger partial charge on any atom is 0.306 e. The maximum absolute atomic E-state index is 12.8. The highest BCUT2D eigenvalue weighted by Crippen LogP contribution is 2.16. The molecule has 0 radical (unpaired) electrons. The summed E-state index contributed by atoms with van der Waals surface area (Å²) < 4.78 is 17.3. The molecule has 0 rings (SSSR count). The molecule has 0 aromatic carbocycles. The molecule has 0 aliphatic heterocycles. The van der Waals surface area contributed by atoms with Gasteiger partial charge in [-0.05, 0) is 64.2 Å².